The van der Waals surface area contributed by atoms with Gasteiger partial charge in [0.1, 0.15) is 11.2 Å². The summed E-state index contributed by atoms with van der Waals surface area (Å²) in [6, 6.07) is 31.5. The first kappa shape index (κ1) is 28.6. The molecule has 4 aromatic heterocycles. The summed E-state index contributed by atoms with van der Waals surface area (Å²) in [5, 5.41) is 15.7. The van der Waals surface area contributed by atoms with Gasteiger partial charge in [-0.05, 0) is 54.1 Å². The van der Waals surface area contributed by atoms with E-state index in [9.17, 15) is 4.79 Å². The van der Waals surface area contributed by atoms with Crippen LogP contribution in [-0.2, 0) is 24.9 Å². The number of carbonyl (C=O) groups excluding carboxylic acids is 1. The molecule has 0 spiro atoms. The maximum Gasteiger partial charge on any atom is 0.155 e. The molecule has 0 aliphatic rings. The van der Waals surface area contributed by atoms with Gasteiger partial charge in [0.2, 0.25) is 0 Å². The van der Waals surface area contributed by atoms with Gasteiger partial charge >= 0.3 is 0 Å². The van der Waals surface area contributed by atoms with Crippen molar-refractivity contribution in [1.82, 2.24) is 9.38 Å². The number of benzene rings is 4. The number of hydrogen-bond acceptors (Lipinski definition) is 4. The second-order valence-corrected chi connectivity index (χ2v) is 11.2. The van der Waals surface area contributed by atoms with Gasteiger partial charge in [0.05, 0.1) is 11.3 Å². The Morgan fingerprint density at radius 1 is 0.860 bits per heavy atom. The first-order chi connectivity index (χ1) is 20.3. The zero-order valence-electron chi connectivity index (χ0n) is 24.2. The minimum absolute atomic E-state index is 0. The third kappa shape index (κ3) is 4.77. The minimum atomic E-state index is -0.125. The normalized spacial score (nSPS) is 12.1. The van der Waals surface area contributed by atoms with Crippen molar-refractivity contribution in [3.05, 3.63) is 109 Å². The number of para-hydroxylation sites is 2. The fourth-order valence-corrected chi connectivity index (χ4v) is 5.98. The molecule has 0 saturated heterocycles. The molecule has 0 aliphatic carbocycles. The van der Waals surface area contributed by atoms with E-state index in [2.05, 4.69) is 91.0 Å². The Bertz CT molecular complexity index is 2320. The van der Waals surface area contributed by atoms with Gasteiger partial charge in [-0.3, -0.25) is 4.79 Å². The Hall–Kier alpha value is -4.51. The van der Waals surface area contributed by atoms with Gasteiger partial charge in [0.25, 0.3) is 0 Å². The third-order valence-corrected chi connectivity index (χ3v) is 7.89. The second kappa shape index (κ2) is 11.0. The smallest absolute Gasteiger partial charge is 0.155 e. The van der Waals surface area contributed by atoms with Crippen molar-refractivity contribution in [3.63, 3.8) is 0 Å². The molecule has 8 aromatic rings. The molecule has 5 nitrogen and oxygen atoms in total. The molecular formula is C37H29IrN2O3-. The molecule has 43 heavy (non-hydrogen) atoms. The van der Waals surface area contributed by atoms with Crippen LogP contribution in [0.1, 0.15) is 39.2 Å². The van der Waals surface area contributed by atoms with Crippen LogP contribution in [-0.4, -0.2) is 20.3 Å². The van der Waals surface area contributed by atoms with Gasteiger partial charge in [-0.1, -0.05) is 67.8 Å². The summed E-state index contributed by atoms with van der Waals surface area (Å²) >= 11 is 0. The van der Waals surface area contributed by atoms with Crippen LogP contribution in [0.15, 0.2) is 101 Å². The molecular weight excluding hydrogens is 713 g/mol. The maximum absolute atomic E-state index is 10.0. The van der Waals surface area contributed by atoms with Crippen LogP contribution in [0.3, 0.4) is 0 Å². The van der Waals surface area contributed by atoms with Crippen molar-refractivity contribution >= 4 is 65.8 Å². The zero-order valence-corrected chi connectivity index (χ0v) is 26.6. The number of aromatic nitrogens is 2. The monoisotopic (exact) mass is 742 g/mol. The van der Waals surface area contributed by atoms with Crippen molar-refractivity contribution in [3.8, 4) is 11.3 Å². The van der Waals surface area contributed by atoms with Crippen molar-refractivity contribution in [2.24, 2.45) is 0 Å². The van der Waals surface area contributed by atoms with E-state index in [0.717, 1.165) is 38.7 Å². The number of aliphatic hydroxyl groups is 1. The Kier molecular flexibility index (Phi) is 7.29. The van der Waals surface area contributed by atoms with Crippen molar-refractivity contribution in [1.29, 1.82) is 0 Å². The molecule has 0 aliphatic heterocycles. The fraction of sp³-hybridized carbons (Fsp3) is 0.135. The number of carbonyl (C=O) groups is 1. The molecule has 1 N–H and O–H groups in total. The molecule has 6 heteroatoms. The van der Waals surface area contributed by atoms with E-state index in [-0.39, 0.29) is 31.6 Å². The van der Waals surface area contributed by atoms with Gasteiger partial charge in [-0.15, -0.1) is 23.8 Å². The standard InChI is InChI=1S/C32H21N2O.C5H8O2.Ir/c1-18(2)20-10-12-27(33-17-20)19-11-13-28-24(14-19)22-7-5-8-23-25-15-26-21-6-3-4-9-30(21)35-31(26)16-29(25)34(28)32(22)23;1-4(6)3-5(2)7;/h3-10,12-18H,1-2H3;3,6H,1-2H3;/q-1;;/b;4-3-;. The third-order valence-electron chi connectivity index (χ3n) is 7.89. The number of rotatable bonds is 3. The quantitative estimate of drug-likeness (QED) is 0.111. The van der Waals surface area contributed by atoms with Crippen molar-refractivity contribution in [2.45, 2.75) is 33.6 Å². The molecule has 8 rings (SSSR count). The van der Waals surface area contributed by atoms with Crippen LogP contribution in [0, 0.1) is 6.07 Å². The molecule has 0 atom stereocenters. The van der Waals surface area contributed by atoms with E-state index in [4.69, 9.17) is 14.5 Å². The van der Waals surface area contributed by atoms with Crippen LogP contribution in [0.4, 0.5) is 0 Å². The van der Waals surface area contributed by atoms with Crippen molar-refractivity contribution < 1.29 is 34.4 Å². The van der Waals surface area contributed by atoms with E-state index in [1.807, 2.05) is 18.3 Å². The fourth-order valence-electron chi connectivity index (χ4n) is 5.98. The van der Waals surface area contributed by atoms with Crippen molar-refractivity contribution in [2.75, 3.05) is 0 Å². The van der Waals surface area contributed by atoms with E-state index in [1.165, 1.54) is 58.1 Å². The van der Waals surface area contributed by atoms with Gasteiger partial charge < -0.3 is 18.9 Å². The van der Waals surface area contributed by atoms with Crippen LogP contribution >= 0.6 is 0 Å². The Morgan fingerprint density at radius 3 is 2.23 bits per heavy atom. The molecule has 4 aromatic carbocycles. The van der Waals surface area contributed by atoms with Gasteiger partial charge in [0.15, 0.2) is 5.78 Å². The summed E-state index contributed by atoms with van der Waals surface area (Å²) in [4.78, 5) is 14.8. The first-order valence-electron chi connectivity index (χ1n) is 14.1. The molecule has 0 saturated carbocycles. The summed E-state index contributed by atoms with van der Waals surface area (Å²) in [5.74, 6) is 0.406. The number of furan rings is 1. The van der Waals surface area contributed by atoms with E-state index < -0.39 is 0 Å². The average Bonchev–Trinajstić information content (AvgIpc) is 3.61. The molecule has 0 unspecified atom stereocenters. The number of pyridine rings is 1. The summed E-state index contributed by atoms with van der Waals surface area (Å²) in [6.07, 6.45) is 3.15. The average molecular weight is 742 g/mol. The molecule has 1 radical (unpaired) electrons. The molecule has 0 amide bonds. The van der Waals surface area contributed by atoms with E-state index >= 15 is 0 Å². The summed E-state index contributed by atoms with van der Waals surface area (Å²) in [5.41, 5.74) is 8.64. The van der Waals surface area contributed by atoms with Crippen LogP contribution in [0.25, 0.3) is 71.3 Å². The predicted molar refractivity (Wildman–Crippen MR) is 172 cm³/mol. The van der Waals surface area contributed by atoms with Gasteiger partial charge in [0, 0.05) is 65.5 Å². The van der Waals surface area contributed by atoms with Gasteiger partial charge in [-0.2, -0.15) is 0 Å². The summed E-state index contributed by atoms with van der Waals surface area (Å²) in [6.45, 7) is 7.23. The largest absolute Gasteiger partial charge is 0.512 e. The van der Waals surface area contributed by atoms with Crippen LogP contribution in [0.5, 0.6) is 0 Å². The Morgan fingerprint density at radius 2 is 1.58 bits per heavy atom. The first-order valence-corrected chi connectivity index (χ1v) is 14.1. The Balaban J connectivity index is 0.000000371. The number of hydrogen-bond donors (Lipinski definition) is 1. The molecule has 0 bridgehead atoms. The number of ketones is 1. The zero-order chi connectivity index (χ0) is 29.1. The number of allylic oxidation sites excluding steroid dienone is 2. The molecule has 4 heterocycles. The number of fused-ring (bicyclic) bond motifs is 9. The minimum Gasteiger partial charge on any atom is -0.512 e. The molecule has 215 valence electrons. The van der Waals surface area contributed by atoms with E-state index in [0.29, 0.717) is 5.92 Å². The Labute approximate surface area is 262 Å². The topological polar surface area (TPSA) is 67.7 Å². The van der Waals surface area contributed by atoms with E-state index in [1.54, 1.807) is 0 Å². The SMILES string of the molecule is CC(=O)/C=C(/C)O.CC(C)c1ccc(-c2[c-]cc3c(c2)c2cccc4c5cc6c(cc5n3c24)oc2ccccc26)nc1.[Ir]. The maximum atomic E-state index is 10.0. The summed E-state index contributed by atoms with van der Waals surface area (Å²) in [7, 11) is 0. The van der Waals surface area contributed by atoms with Crippen LogP contribution in [0.2, 0.25) is 0 Å². The second-order valence-electron chi connectivity index (χ2n) is 11.2. The number of aliphatic hydroxyl groups excluding tert-OH is 1. The molecule has 0 fully saturated rings. The summed E-state index contributed by atoms with van der Waals surface area (Å²) < 4.78 is 8.61. The van der Waals surface area contributed by atoms with Gasteiger partial charge in [-0.25, -0.2) is 0 Å². The number of nitrogens with zero attached hydrogens (tertiary/aromatic N) is 2. The predicted octanol–water partition coefficient (Wildman–Crippen LogP) is 9.76. The van der Waals surface area contributed by atoms with Crippen LogP contribution < -0.4 is 0 Å².